The summed E-state index contributed by atoms with van der Waals surface area (Å²) in [6, 6.07) is 23.6. The second kappa shape index (κ2) is 9.21. The Balaban J connectivity index is 1.39. The third kappa shape index (κ3) is 4.78. The van der Waals surface area contributed by atoms with Crippen LogP contribution in [0.2, 0.25) is 0 Å². The minimum Gasteiger partial charge on any atom is -0.497 e. The first-order chi connectivity index (χ1) is 15.1. The Labute approximate surface area is 180 Å². The minimum absolute atomic E-state index is 0.0365. The number of nitrogens with zero attached hydrogens (tertiary/aromatic N) is 2. The van der Waals surface area contributed by atoms with Crippen LogP contribution in [0.15, 0.2) is 78.9 Å². The summed E-state index contributed by atoms with van der Waals surface area (Å²) in [6.07, 6.45) is 0. The summed E-state index contributed by atoms with van der Waals surface area (Å²) in [6.45, 7) is 0.956. The van der Waals surface area contributed by atoms with E-state index in [0.29, 0.717) is 30.3 Å². The van der Waals surface area contributed by atoms with Crippen molar-refractivity contribution in [1.29, 1.82) is 0 Å². The molecule has 0 saturated carbocycles. The lowest BCUT2D eigenvalue weighted by Gasteiger charge is -2.19. The normalized spacial score (nSPS) is 13.3. The fourth-order valence-corrected chi connectivity index (χ4v) is 3.37. The summed E-state index contributed by atoms with van der Waals surface area (Å²) in [7, 11) is 1.60. The summed E-state index contributed by atoms with van der Waals surface area (Å²) in [5.74, 6) is 1.65. The third-order valence-corrected chi connectivity index (χ3v) is 4.95. The Morgan fingerprint density at radius 2 is 1.61 bits per heavy atom. The third-order valence-electron chi connectivity index (χ3n) is 4.95. The van der Waals surface area contributed by atoms with E-state index in [4.69, 9.17) is 9.47 Å². The van der Waals surface area contributed by atoms with Gasteiger partial charge in [-0.25, -0.2) is 4.79 Å². The van der Waals surface area contributed by atoms with E-state index >= 15 is 0 Å². The highest BCUT2D eigenvalue weighted by Crippen LogP contribution is 2.29. The number of urea groups is 1. The van der Waals surface area contributed by atoms with Crippen LogP contribution < -0.4 is 19.7 Å². The number of hydrogen-bond acceptors (Lipinski definition) is 4. The summed E-state index contributed by atoms with van der Waals surface area (Å²) in [5, 5.41) is 2.86. The van der Waals surface area contributed by atoms with Crippen LogP contribution in [0.25, 0.3) is 0 Å². The van der Waals surface area contributed by atoms with Gasteiger partial charge in [0.2, 0.25) is 5.91 Å². The van der Waals surface area contributed by atoms with Gasteiger partial charge in [-0.3, -0.25) is 9.69 Å². The van der Waals surface area contributed by atoms with Gasteiger partial charge in [0, 0.05) is 18.8 Å². The smallest absolute Gasteiger partial charge is 0.325 e. The molecule has 1 aliphatic rings. The maximum absolute atomic E-state index is 12.8. The molecule has 1 N–H and O–H groups in total. The number of anilines is 2. The van der Waals surface area contributed by atoms with Gasteiger partial charge >= 0.3 is 6.03 Å². The number of hydrogen-bond donors (Lipinski definition) is 1. The molecule has 1 fully saturated rings. The van der Waals surface area contributed by atoms with Gasteiger partial charge in [-0.05, 0) is 48.5 Å². The van der Waals surface area contributed by atoms with Gasteiger partial charge in [0.05, 0.1) is 12.8 Å². The average molecular weight is 417 g/mol. The zero-order valence-corrected chi connectivity index (χ0v) is 17.2. The lowest BCUT2D eigenvalue weighted by atomic mass is 10.2. The van der Waals surface area contributed by atoms with Gasteiger partial charge in [0.25, 0.3) is 0 Å². The zero-order chi connectivity index (χ0) is 21.6. The lowest BCUT2D eigenvalue weighted by molar-refractivity contribution is -0.116. The van der Waals surface area contributed by atoms with Crippen molar-refractivity contribution in [3.8, 4) is 17.2 Å². The van der Waals surface area contributed by atoms with Crippen molar-refractivity contribution in [3.05, 3.63) is 78.9 Å². The highest BCUT2D eigenvalue weighted by atomic mass is 16.5. The molecule has 0 unspecified atom stereocenters. The largest absolute Gasteiger partial charge is 0.497 e. The second-order valence-corrected chi connectivity index (χ2v) is 7.01. The highest BCUT2D eigenvalue weighted by molar-refractivity contribution is 5.99. The van der Waals surface area contributed by atoms with Crippen LogP contribution in [0.1, 0.15) is 0 Å². The van der Waals surface area contributed by atoms with Crippen LogP contribution in [0, 0.1) is 0 Å². The van der Waals surface area contributed by atoms with E-state index in [1.165, 1.54) is 4.90 Å². The molecular formula is C24H23N3O4. The van der Waals surface area contributed by atoms with Crippen LogP contribution in [-0.4, -0.2) is 43.6 Å². The van der Waals surface area contributed by atoms with Crippen molar-refractivity contribution in [2.24, 2.45) is 0 Å². The molecule has 4 rings (SSSR count). The maximum atomic E-state index is 12.8. The monoisotopic (exact) mass is 417 g/mol. The number of nitrogens with one attached hydrogen (secondary N) is 1. The van der Waals surface area contributed by atoms with Gasteiger partial charge in [-0.15, -0.1) is 0 Å². The molecule has 0 atom stereocenters. The van der Waals surface area contributed by atoms with Gasteiger partial charge in [0.1, 0.15) is 18.0 Å². The minimum atomic E-state index is -0.283. The predicted molar refractivity (Wildman–Crippen MR) is 119 cm³/mol. The summed E-state index contributed by atoms with van der Waals surface area (Å²) < 4.78 is 11.0. The van der Waals surface area contributed by atoms with Gasteiger partial charge in [-0.2, -0.15) is 0 Å². The Bertz CT molecular complexity index is 1050. The fraction of sp³-hybridized carbons (Fsp3) is 0.167. The number of carbonyl (C=O) groups excluding carboxylic acids is 2. The quantitative estimate of drug-likeness (QED) is 0.620. The fourth-order valence-electron chi connectivity index (χ4n) is 3.37. The first kappa shape index (κ1) is 20.3. The van der Waals surface area contributed by atoms with E-state index in [1.807, 2.05) is 66.7 Å². The Hall–Kier alpha value is -4.00. The van der Waals surface area contributed by atoms with Crippen molar-refractivity contribution in [2.75, 3.05) is 37.0 Å². The molecule has 1 saturated heterocycles. The molecule has 7 heteroatoms. The summed E-state index contributed by atoms with van der Waals surface area (Å²) in [4.78, 5) is 28.6. The molecule has 31 heavy (non-hydrogen) atoms. The Morgan fingerprint density at radius 1 is 0.903 bits per heavy atom. The first-order valence-electron chi connectivity index (χ1n) is 9.96. The SMILES string of the molecule is COc1ccc(N2CCN(CC(=O)Nc3ccccc3Oc3ccccc3)C2=O)cc1. The van der Waals surface area contributed by atoms with Crippen LogP contribution in [-0.2, 0) is 4.79 Å². The lowest BCUT2D eigenvalue weighted by Crippen LogP contribution is -2.37. The van der Waals surface area contributed by atoms with E-state index in [-0.39, 0.29) is 18.5 Å². The van der Waals surface area contributed by atoms with Crippen LogP contribution in [0.4, 0.5) is 16.2 Å². The van der Waals surface area contributed by atoms with Gasteiger partial charge < -0.3 is 19.7 Å². The van der Waals surface area contributed by atoms with Gasteiger partial charge in [-0.1, -0.05) is 30.3 Å². The molecule has 0 radical (unpaired) electrons. The highest BCUT2D eigenvalue weighted by Gasteiger charge is 2.31. The van der Waals surface area contributed by atoms with Crippen molar-refractivity contribution >= 4 is 23.3 Å². The van der Waals surface area contributed by atoms with Crippen molar-refractivity contribution in [1.82, 2.24) is 4.90 Å². The topological polar surface area (TPSA) is 71.1 Å². The molecule has 0 bridgehead atoms. The van der Waals surface area contributed by atoms with Crippen molar-refractivity contribution in [3.63, 3.8) is 0 Å². The molecule has 3 aromatic rings. The number of amides is 3. The average Bonchev–Trinajstić information content (AvgIpc) is 3.16. The number of ether oxygens (including phenoxy) is 2. The predicted octanol–water partition coefficient (Wildman–Crippen LogP) is 4.37. The zero-order valence-electron chi connectivity index (χ0n) is 17.2. The number of carbonyl (C=O) groups is 2. The molecule has 7 nitrogen and oxygen atoms in total. The van der Waals surface area contributed by atoms with E-state index in [9.17, 15) is 9.59 Å². The van der Waals surface area contributed by atoms with E-state index in [2.05, 4.69) is 5.32 Å². The molecule has 0 aliphatic carbocycles. The van der Waals surface area contributed by atoms with Crippen LogP contribution in [0.3, 0.4) is 0 Å². The van der Waals surface area contributed by atoms with Gasteiger partial charge in [0.15, 0.2) is 5.75 Å². The van der Waals surface area contributed by atoms with E-state index < -0.39 is 0 Å². The molecular weight excluding hydrogens is 394 g/mol. The van der Waals surface area contributed by atoms with Crippen molar-refractivity contribution in [2.45, 2.75) is 0 Å². The van der Waals surface area contributed by atoms with Crippen LogP contribution in [0.5, 0.6) is 17.2 Å². The molecule has 158 valence electrons. The summed E-state index contributed by atoms with van der Waals surface area (Å²) >= 11 is 0. The molecule has 0 aromatic heterocycles. The standard InChI is InChI=1S/C24H23N3O4/c1-30-19-13-11-18(12-14-19)27-16-15-26(24(27)29)17-23(28)25-21-9-5-6-10-22(21)31-20-7-3-2-4-8-20/h2-14H,15-17H2,1H3,(H,25,28). The molecule has 1 aliphatic heterocycles. The first-order valence-corrected chi connectivity index (χ1v) is 9.96. The molecule has 3 amide bonds. The number of benzene rings is 3. The van der Waals surface area contributed by atoms with Crippen molar-refractivity contribution < 1.29 is 19.1 Å². The van der Waals surface area contributed by atoms with E-state index in [1.54, 1.807) is 24.1 Å². The van der Waals surface area contributed by atoms with E-state index in [0.717, 1.165) is 11.4 Å². The number of para-hydroxylation sites is 3. The van der Waals surface area contributed by atoms with Crippen LogP contribution >= 0.6 is 0 Å². The number of rotatable bonds is 7. The second-order valence-electron chi connectivity index (χ2n) is 7.01. The summed E-state index contributed by atoms with van der Waals surface area (Å²) in [5.41, 5.74) is 1.32. The number of methoxy groups -OCH3 is 1. The molecule has 1 heterocycles. The Kier molecular flexibility index (Phi) is 6.03. The Morgan fingerprint density at radius 3 is 2.35 bits per heavy atom. The maximum Gasteiger partial charge on any atom is 0.325 e. The molecule has 0 spiro atoms. The molecule has 3 aromatic carbocycles.